The molecule has 0 heterocycles. The van der Waals surface area contributed by atoms with Gasteiger partial charge in [0.2, 0.25) is 21.8 Å². The third-order valence-corrected chi connectivity index (χ3v) is 7.59. The van der Waals surface area contributed by atoms with Gasteiger partial charge in [-0.3, -0.25) is 13.9 Å². The molecule has 0 saturated carbocycles. The fraction of sp³-hybridized carbons (Fsp3) is 0.440. The molecule has 2 amide bonds. The quantitative estimate of drug-likeness (QED) is 0.443. The Kier molecular flexibility index (Phi) is 10.4. The number of rotatable bonds is 11. The maximum Gasteiger partial charge on any atom is 0.244 e. The van der Waals surface area contributed by atoms with Crippen molar-refractivity contribution >= 4 is 50.7 Å². The highest BCUT2D eigenvalue weighted by molar-refractivity contribution is 7.92. The number of aryl methyl sites for hydroxylation is 1. The van der Waals surface area contributed by atoms with Crippen LogP contribution in [0.25, 0.3) is 0 Å². The minimum absolute atomic E-state index is 0.0464. The second-order valence-corrected chi connectivity index (χ2v) is 11.3. The van der Waals surface area contributed by atoms with E-state index in [1.54, 1.807) is 43.3 Å². The molecule has 2 aromatic carbocycles. The number of nitrogens with zero attached hydrogens (tertiary/aromatic N) is 2. The van der Waals surface area contributed by atoms with E-state index in [1.807, 2.05) is 26.8 Å². The first kappa shape index (κ1) is 28.9. The molecule has 1 N–H and O–H groups in total. The normalized spacial score (nSPS) is 13.1. The van der Waals surface area contributed by atoms with Gasteiger partial charge in [0.05, 0.1) is 11.9 Å². The molecule has 0 unspecified atom stereocenters. The first-order chi connectivity index (χ1) is 16.4. The third-order valence-electron chi connectivity index (χ3n) is 5.75. The lowest BCUT2D eigenvalue weighted by atomic mass is 10.1. The molecule has 2 aromatic rings. The Morgan fingerprint density at radius 3 is 2.14 bits per heavy atom. The summed E-state index contributed by atoms with van der Waals surface area (Å²) in [5.74, 6) is -0.862. The van der Waals surface area contributed by atoms with Gasteiger partial charge in [-0.1, -0.05) is 55.2 Å². The highest BCUT2D eigenvalue weighted by atomic mass is 35.5. The van der Waals surface area contributed by atoms with Crippen molar-refractivity contribution in [3.8, 4) is 0 Å². The van der Waals surface area contributed by atoms with E-state index in [-0.39, 0.29) is 18.5 Å². The summed E-state index contributed by atoms with van der Waals surface area (Å²) in [7, 11) is -3.79. The number of carbonyl (C=O) groups excluding carboxylic acids is 2. The van der Waals surface area contributed by atoms with Crippen LogP contribution in [-0.2, 0) is 26.2 Å². The monoisotopic (exact) mass is 541 g/mol. The molecule has 2 rings (SSSR count). The predicted octanol–water partition coefficient (Wildman–Crippen LogP) is 4.79. The van der Waals surface area contributed by atoms with E-state index in [2.05, 4.69) is 5.32 Å². The summed E-state index contributed by atoms with van der Waals surface area (Å²) in [5, 5.41) is 3.63. The van der Waals surface area contributed by atoms with Crippen LogP contribution in [0.4, 0.5) is 5.69 Å². The van der Waals surface area contributed by atoms with E-state index in [0.717, 1.165) is 22.5 Å². The average Bonchev–Trinajstić information content (AvgIpc) is 2.78. The van der Waals surface area contributed by atoms with Crippen molar-refractivity contribution in [2.24, 2.45) is 0 Å². The van der Waals surface area contributed by atoms with Crippen molar-refractivity contribution in [3.63, 3.8) is 0 Å². The van der Waals surface area contributed by atoms with E-state index in [4.69, 9.17) is 23.2 Å². The highest BCUT2D eigenvalue weighted by Crippen LogP contribution is 2.28. The van der Waals surface area contributed by atoms with Crippen LogP contribution in [0.1, 0.15) is 44.7 Å². The number of benzene rings is 2. The molecule has 0 aliphatic carbocycles. The van der Waals surface area contributed by atoms with Gasteiger partial charge in [0.25, 0.3) is 0 Å². The summed E-state index contributed by atoms with van der Waals surface area (Å²) in [6, 6.07) is 11.0. The summed E-state index contributed by atoms with van der Waals surface area (Å²) in [6.45, 7) is 6.94. The summed E-state index contributed by atoms with van der Waals surface area (Å²) in [5.41, 5.74) is 1.71. The summed E-state index contributed by atoms with van der Waals surface area (Å²) in [6.07, 6.45) is 2.09. The van der Waals surface area contributed by atoms with Crippen LogP contribution in [0, 0.1) is 6.92 Å². The molecule has 0 radical (unpaired) electrons. The van der Waals surface area contributed by atoms with Crippen LogP contribution < -0.4 is 9.62 Å². The fourth-order valence-corrected chi connectivity index (χ4v) is 4.97. The first-order valence-corrected chi connectivity index (χ1v) is 14.1. The van der Waals surface area contributed by atoms with Gasteiger partial charge in [0, 0.05) is 28.2 Å². The van der Waals surface area contributed by atoms with Gasteiger partial charge in [0.15, 0.2) is 0 Å². The van der Waals surface area contributed by atoms with Crippen molar-refractivity contribution in [1.82, 2.24) is 10.2 Å². The van der Waals surface area contributed by atoms with E-state index in [0.29, 0.717) is 27.7 Å². The Balaban J connectivity index is 2.50. The smallest absolute Gasteiger partial charge is 0.244 e. The SMILES string of the molecule is CC[C@@H](C)NC(=O)[C@H](CC)N(Cc1c(Cl)cccc1Cl)C(=O)CN(c1cccc(C)c1)S(C)(=O)=O. The number of halogens is 2. The number of nitrogens with one attached hydrogen (secondary N) is 1. The second-order valence-electron chi connectivity index (χ2n) is 8.57. The number of carbonyl (C=O) groups is 2. The van der Waals surface area contributed by atoms with Crippen molar-refractivity contribution in [1.29, 1.82) is 0 Å². The zero-order chi connectivity index (χ0) is 26.3. The van der Waals surface area contributed by atoms with E-state index < -0.39 is 28.5 Å². The van der Waals surface area contributed by atoms with Crippen LogP contribution in [-0.4, -0.2) is 50.0 Å². The minimum Gasteiger partial charge on any atom is -0.352 e. The van der Waals surface area contributed by atoms with Gasteiger partial charge in [-0.2, -0.15) is 0 Å². The number of hydrogen-bond acceptors (Lipinski definition) is 4. The van der Waals surface area contributed by atoms with Crippen molar-refractivity contribution < 1.29 is 18.0 Å². The fourth-order valence-electron chi connectivity index (χ4n) is 3.61. The van der Waals surface area contributed by atoms with Crippen LogP contribution in [0.2, 0.25) is 10.0 Å². The molecule has 10 heteroatoms. The molecule has 2 atom stereocenters. The summed E-state index contributed by atoms with van der Waals surface area (Å²) >= 11 is 12.7. The standard InChI is InChI=1S/C25H33Cl2N3O4S/c1-6-18(4)28-25(32)23(7-2)29(15-20-21(26)12-9-13-22(20)27)24(31)16-30(35(5,33)34)19-11-8-10-17(3)14-19/h8-14,18,23H,6-7,15-16H2,1-5H3,(H,28,32)/t18-,23+/m1/s1. The maximum atomic E-state index is 13.7. The van der Waals surface area contributed by atoms with Crippen LogP contribution in [0.3, 0.4) is 0 Å². The molecule has 0 aromatic heterocycles. The predicted molar refractivity (Wildman–Crippen MR) is 142 cm³/mol. The molecular formula is C25H33Cl2N3O4S. The molecule has 0 bridgehead atoms. The van der Waals surface area contributed by atoms with Gasteiger partial charge >= 0.3 is 0 Å². The molecule has 0 spiro atoms. The summed E-state index contributed by atoms with van der Waals surface area (Å²) in [4.78, 5) is 28.2. The van der Waals surface area contributed by atoms with Crippen LogP contribution in [0.15, 0.2) is 42.5 Å². The summed E-state index contributed by atoms with van der Waals surface area (Å²) < 4.78 is 26.4. The third kappa shape index (κ3) is 7.85. The molecule has 35 heavy (non-hydrogen) atoms. The molecule has 0 fully saturated rings. The molecule has 0 saturated heterocycles. The molecule has 192 valence electrons. The first-order valence-electron chi connectivity index (χ1n) is 11.5. The zero-order valence-corrected chi connectivity index (χ0v) is 23.0. The largest absolute Gasteiger partial charge is 0.352 e. The molecule has 0 aliphatic heterocycles. The van der Waals surface area contributed by atoms with Crippen molar-refractivity contribution in [2.45, 2.75) is 59.2 Å². The lowest BCUT2D eigenvalue weighted by Crippen LogP contribution is -2.53. The lowest BCUT2D eigenvalue weighted by molar-refractivity contribution is -0.140. The van der Waals surface area contributed by atoms with Gasteiger partial charge in [-0.25, -0.2) is 8.42 Å². The van der Waals surface area contributed by atoms with Gasteiger partial charge < -0.3 is 10.2 Å². The van der Waals surface area contributed by atoms with E-state index in [1.165, 1.54) is 4.90 Å². The Morgan fingerprint density at radius 1 is 1.03 bits per heavy atom. The average molecular weight is 543 g/mol. The Hall–Kier alpha value is -2.29. The zero-order valence-electron chi connectivity index (χ0n) is 20.7. The van der Waals surface area contributed by atoms with E-state index >= 15 is 0 Å². The number of sulfonamides is 1. The lowest BCUT2D eigenvalue weighted by Gasteiger charge is -2.33. The minimum atomic E-state index is -3.79. The van der Waals surface area contributed by atoms with Crippen LogP contribution in [0.5, 0.6) is 0 Å². The van der Waals surface area contributed by atoms with E-state index in [9.17, 15) is 18.0 Å². The van der Waals surface area contributed by atoms with Gasteiger partial charge in [0.1, 0.15) is 12.6 Å². The Bertz CT molecular complexity index is 1140. The number of anilines is 1. The Labute approximate surface area is 218 Å². The topological polar surface area (TPSA) is 86.8 Å². The second kappa shape index (κ2) is 12.6. The van der Waals surface area contributed by atoms with Crippen LogP contribution >= 0.6 is 23.2 Å². The maximum absolute atomic E-state index is 13.7. The highest BCUT2D eigenvalue weighted by Gasteiger charge is 2.32. The molecule has 0 aliphatic rings. The van der Waals surface area contributed by atoms with Gasteiger partial charge in [-0.05, 0) is 56.5 Å². The van der Waals surface area contributed by atoms with Gasteiger partial charge in [-0.15, -0.1) is 0 Å². The number of amides is 2. The Morgan fingerprint density at radius 2 is 1.63 bits per heavy atom. The molecular weight excluding hydrogens is 509 g/mol. The van der Waals surface area contributed by atoms with Crippen molar-refractivity contribution in [3.05, 3.63) is 63.6 Å². The van der Waals surface area contributed by atoms with Crippen molar-refractivity contribution in [2.75, 3.05) is 17.1 Å². The number of hydrogen-bond donors (Lipinski definition) is 1. The molecule has 7 nitrogen and oxygen atoms in total.